The molecule has 0 bridgehead atoms. The molecule has 0 N–H and O–H groups in total. The summed E-state index contributed by atoms with van der Waals surface area (Å²) in [4.78, 5) is 12.9. The van der Waals surface area contributed by atoms with Crippen LogP contribution in [-0.2, 0) is 0 Å². The largest absolute Gasteiger partial charge is 0.456 e. The zero-order valence-corrected chi connectivity index (χ0v) is 12.5. The van der Waals surface area contributed by atoms with Gasteiger partial charge in [0.15, 0.2) is 5.78 Å². The number of benzene rings is 2. The van der Waals surface area contributed by atoms with E-state index in [1.54, 1.807) is 29.4 Å². The highest BCUT2D eigenvalue weighted by atomic mass is 16.5. The van der Waals surface area contributed by atoms with Crippen molar-refractivity contribution in [3.8, 4) is 11.5 Å². The Morgan fingerprint density at radius 1 is 0.955 bits per heavy atom. The summed E-state index contributed by atoms with van der Waals surface area (Å²) in [6.45, 7) is 0. The van der Waals surface area contributed by atoms with Gasteiger partial charge in [-0.05, 0) is 24.3 Å². The first kappa shape index (κ1) is 14.1. The van der Waals surface area contributed by atoms with Crippen LogP contribution in [0.25, 0.3) is 5.57 Å². The summed E-state index contributed by atoms with van der Waals surface area (Å²) in [7, 11) is 3.66. The van der Waals surface area contributed by atoms with Crippen LogP contribution in [0.5, 0.6) is 11.5 Å². The maximum atomic E-state index is 12.9. The lowest BCUT2D eigenvalue weighted by Crippen LogP contribution is -2.03. The van der Waals surface area contributed by atoms with Crippen molar-refractivity contribution in [2.24, 2.45) is 5.10 Å². The summed E-state index contributed by atoms with van der Waals surface area (Å²) in [5.41, 5.74) is 1.91. The second kappa shape index (κ2) is 5.85. The van der Waals surface area contributed by atoms with E-state index in [0.717, 1.165) is 5.56 Å². The maximum absolute atomic E-state index is 12.9. The lowest BCUT2D eigenvalue weighted by molar-refractivity contribution is 0.105. The highest BCUT2D eigenvalue weighted by molar-refractivity contribution is 6.32. The monoisotopic (exact) mass is 292 g/mol. The summed E-state index contributed by atoms with van der Waals surface area (Å²) < 4.78 is 5.91. The fourth-order valence-electron chi connectivity index (χ4n) is 2.31. The van der Waals surface area contributed by atoms with E-state index in [9.17, 15) is 4.79 Å². The van der Waals surface area contributed by atoms with Crippen LogP contribution in [0.1, 0.15) is 15.9 Å². The smallest absolute Gasteiger partial charge is 0.197 e. The second-order valence-electron chi connectivity index (χ2n) is 5.12. The van der Waals surface area contributed by atoms with Crippen LogP contribution in [0, 0.1) is 0 Å². The molecule has 0 unspecified atom stereocenters. The van der Waals surface area contributed by atoms with Crippen LogP contribution in [-0.4, -0.2) is 31.1 Å². The van der Waals surface area contributed by atoms with Crippen LogP contribution in [0.2, 0.25) is 0 Å². The Labute approximate surface area is 129 Å². The zero-order valence-electron chi connectivity index (χ0n) is 12.5. The molecule has 2 aromatic carbocycles. The summed E-state index contributed by atoms with van der Waals surface area (Å²) in [5, 5.41) is 5.83. The quantitative estimate of drug-likeness (QED) is 0.482. The third-order valence-corrected chi connectivity index (χ3v) is 3.31. The fourth-order valence-corrected chi connectivity index (χ4v) is 2.31. The summed E-state index contributed by atoms with van der Waals surface area (Å²) in [6.07, 6.45) is 3.35. The van der Waals surface area contributed by atoms with E-state index in [1.165, 1.54) is 0 Å². The van der Waals surface area contributed by atoms with Crippen LogP contribution in [0.4, 0.5) is 0 Å². The number of carbonyl (C=O) groups excluding carboxylic acids is 1. The number of Topliss-reactive ketones (excluding diaryl/α,β-unsaturated/α-hetero) is 1. The average Bonchev–Trinajstić information content (AvgIpc) is 2.63. The minimum absolute atomic E-state index is 0.0641. The van der Waals surface area contributed by atoms with E-state index >= 15 is 0 Å². The molecule has 0 amide bonds. The van der Waals surface area contributed by atoms with Gasteiger partial charge in [-0.25, -0.2) is 0 Å². The van der Waals surface area contributed by atoms with Crippen molar-refractivity contribution in [1.82, 2.24) is 5.01 Å². The molecule has 1 aliphatic rings. The van der Waals surface area contributed by atoms with Gasteiger partial charge in [-0.1, -0.05) is 30.3 Å². The van der Waals surface area contributed by atoms with Gasteiger partial charge in [0.25, 0.3) is 0 Å². The van der Waals surface area contributed by atoms with E-state index in [4.69, 9.17) is 4.74 Å². The first-order chi connectivity index (χ1) is 10.7. The molecule has 4 heteroatoms. The Hall–Kier alpha value is -2.88. The summed E-state index contributed by atoms with van der Waals surface area (Å²) >= 11 is 0. The molecule has 0 aliphatic carbocycles. The van der Waals surface area contributed by atoms with Crippen molar-refractivity contribution in [1.29, 1.82) is 0 Å². The maximum Gasteiger partial charge on any atom is 0.197 e. The molecule has 22 heavy (non-hydrogen) atoms. The van der Waals surface area contributed by atoms with Crippen LogP contribution >= 0.6 is 0 Å². The topological polar surface area (TPSA) is 41.9 Å². The number of hydrogen-bond acceptors (Lipinski definition) is 4. The summed E-state index contributed by atoms with van der Waals surface area (Å²) in [5.74, 6) is 1.18. The second-order valence-corrected chi connectivity index (χ2v) is 5.12. The van der Waals surface area contributed by atoms with E-state index < -0.39 is 0 Å². The number of hydrogen-bond donors (Lipinski definition) is 0. The molecule has 0 radical (unpaired) electrons. The highest BCUT2D eigenvalue weighted by Crippen LogP contribution is 2.38. The first-order valence-corrected chi connectivity index (χ1v) is 6.99. The Morgan fingerprint density at radius 2 is 1.55 bits per heavy atom. The van der Waals surface area contributed by atoms with Crippen molar-refractivity contribution < 1.29 is 9.53 Å². The van der Waals surface area contributed by atoms with Crippen LogP contribution < -0.4 is 4.74 Å². The Balaban J connectivity index is 2.17. The van der Waals surface area contributed by atoms with Gasteiger partial charge in [0, 0.05) is 31.4 Å². The van der Waals surface area contributed by atoms with Gasteiger partial charge < -0.3 is 9.75 Å². The van der Waals surface area contributed by atoms with Gasteiger partial charge >= 0.3 is 0 Å². The molecule has 0 fully saturated rings. The average molecular weight is 292 g/mol. The summed E-state index contributed by atoms with van der Waals surface area (Å²) in [6, 6.07) is 14.8. The number of rotatable bonds is 2. The fraction of sp³-hybridized carbons (Fsp3) is 0.111. The molecule has 0 saturated heterocycles. The molecule has 0 spiro atoms. The minimum Gasteiger partial charge on any atom is -0.456 e. The molecule has 0 aromatic heterocycles. The van der Waals surface area contributed by atoms with Crippen molar-refractivity contribution in [3.63, 3.8) is 0 Å². The van der Waals surface area contributed by atoms with E-state index in [1.807, 2.05) is 50.5 Å². The van der Waals surface area contributed by atoms with Crippen LogP contribution in [0.15, 0.2) is 59.7 Å². The number of allylic oxidation sites excluding steroid dienone is 2. The third-order valence-electron chi connectivity index (χ3n) is 3.31. The van der Waals surface area contributed by atoms with Crippen LogP contribution in [0.3, 0.4) is 0 Å². The lowest BCUT2D eigenvalue weighted by atomic mass is 9.96. The highest BCUT2D eigenvalue weighted by Gasteiger charge is 2.24. The van der Waals surface area contributed by atoms with Crippen molar-refractivity contribution in [2.45, 2.75) is 0 Å². The molecular formula is C18H16N2O2. The molecule has 1 heterocycles. The van der Waals surface area contributed by atoms with Crippen molar-refractivity contribution >= 4 is 17.6 Å². The Kier molecular flexibility index (Phi) is 3.74. The van der Waals surface area contributed by atoms with E-state index in [-0.39, 0.29) is 5.78 Å². The first-order valence-electron chi connectivity index (χ1n) is 6.99. The molecule has 1 aliphatic heterocycles. The number of nitrogens with zero attached hydrogens (tertiary/aromatic N) is 2. The van der Waals surface area contributed by atoms with Gasteiger partial charge in [0.2, 0.25) is 0 Å². The van der Waals surface area contributed by atoms with E-state index in [2.05, 4.69) is 5.10 Å². The van der Waals surface area contributed by atoms with Crippen molar-refractivity contribution in [3.05, 3.63) is 65.7 Å². The molecule has 2 aromatic rings. The number of carbonyl (C=O) groups is 1. The SMILES string of the molecule is CN(C)N=CC=C1C(=O)c2ccccc2Oc2ccccc21. The Morgan fingerprint density at radius 3 is 2.23 bits per heavy atom. The predicted molar refractivity (Wildman–Crippen MR) is 87.4 cm³/mol. The zero-order chi connectivity index (χ0) is 15.5. The predicted octanol–water partition coefficient (Wildman–Crippen LogP) is 3.61. The van der Waals surface area contributed by atoms with Gasteiger partial charge in [-0.3, -0.25) is 4.79 Å². The number of ether oxygens (including phenoxy) is 1. The van der Waals surface area contributed by atoms with Crippen molar-refractivity contribution in [2.75, 3.05) is 14.1 Å². The molecule has 110 valence electrons. The standard InChI is InChI=1S/C18H16N2O2/c1-20(2)19-12-11-14-13-7-3-5-9-16(13)22-17-10-6-4-8-15(17)18(14)21/h3-12H,1-2H3. The number of fused-ring (bicyclic) bond motifs is 2. The molecular weight excluding hydrogens is 276 g/mol. The Bertz CT molecular complexity index is 776. The molecule has 0 saturated carbocycles. The van der Waals surface area contributed by atoms with Gasteiger partial charge in [0.1, 0.15) is 11.5 Å². The third kappa shape index (κ3) is 2.63. The normalized spacial score (nSPS) is 15.2. The number of para-hydroxylation sites is 2. The minimum atomic E-state index is -0.0641. The number of ketones is 1. The molecule has 4 nitrogen and oxygen atoms in total. The van der Waals surface area contributed by atoms with Gasteiger partial charge in [-0.2, -0.15) is 5.10 Å². The van der Waals surface area contributed by atoms with Gasteiger partial charge in [0.05, 0.1) is 5.56 Å². The lowest BCUT2D eigenvalue weighted by Gasteiger charge is -2.07. The number of hydrazone groups is 1. The van der Waals surface area contributed by atoms with Gasteiger partial charge in [-0.15, -0.1) is 0 Å². The molecule has 0 atom stereocenters. The molecule has 3 rings (SSSR count). The van der Waals surface area contributed by atoms with E-state index in [0.29, 0.717) is 22.6 Å².